The standard InChI is InChI=1S/C27H33N3O4S/c1-5-20(2)28-27(32)21(3)30(18-22-11-7-6-8-12-22)26(31)19-29(4)35(33,34)25-16-15-23-13-9-10-14-24(23)17-25/h6-17,20-21H,5,18-19H2,1-4H3,(H,28,32)/t20-,21-/m1/s1. The number of nitrogens with zero attached hydrogens (tertiary/aromatic N) is 2. The van der Waals surface area contributed by atoms with Crippen LogP contribution in [0.3, 0.4) is 0 Å². The van der Waals surface area contributed by atoms with Crippen molar-refractivity contribution in [1.82, 2.24) is 14.5 Å². The van der Waals surface area contributed by atoms with Crippen molar-refractivity contribution in [2.24, 2.45) is 0 Å². The zero-order valence-corrected chi connectivity index (χ0v) is 21.5. The predicted molar refractivity (Wildman–Crippen MR) is 138 cm³/mol. The van der Waals surface area contributed by atoms with E-state index in [1.54, 1.807) is 25.1 Å². The highest BCUT2D eigenvalue weighted by Crippen LogP contribution is 2.21. The van der Waals surface area contributed by atoms with Crippen LogP contribution >= 0.6 is 0 Å². The largest absolute Gasteiger partial charge is 0.352 e. The van der Waals surface area contributed by atoms with Gasteiger partial charge in [0.2, 0.25) is 21.8 Å². The summed E-state index contributed by atoms with van der Waals surface area (Å²) >= 11 is 0. The van der Waals surface area contributed by atoms with Gasteiger partial charge in [-0.15, -0.1) is 0 Å². The van der Waals surface area contributed by atoms with E-state index in [0.717, 1.165) is 27.1 Å². The lowest BCUT2D eigenvalue weighted by molar-refractivity contribution is -0.140. The first kappa shape index (κ1) is 26.4. The fraction of sp³-hybridized carbons (Fsp3) is 0.333. The average molecular weight is 496 g/mol. The minimum atomic E-state index is -3.92. The number of likely N-dealkylation sites (N-methyl/N-ethyl adjacent to an activating group) is 1. The zero-order valence-electron chi connectivity index (χ0n) is 20.6. The minimum absolute atomic E-state index is 0.0328. The molecule has 0 radical (unpaired) electrons. The fourth-order valence-corrected chi connectivity index (χ4v) is 4.86. The van der Waals surface area contributed by atoms with E-state index in [0.29, 0.717) is 0 Å². The average Bonchev–Trinajstić information content (AvgIpc) is 2.86. The van der Waals surface area contributed by atoms with E-state index in [-0.39, 0.29) is 29.9 Å². The molecule has 186 valence electrons. The Bertz CT molecular complexity index is 1280. The van der Waals surface area contributed by atoms with Gasteiger partial charge in [0.1, 0.15) is 6.04 Å². The molecule has 0 fully saturated rings. The van der Waals surface area contributed by atoms with Gasteiger partial charge in [-0.1, -0.05) is 67.6 Å². The molecule has 0 bridgehead atoms. The van der Waals surface area contributed by atoms with Crippen molar-refractivity contribution in [1.29, 1.82) is 0 Å². The Balaban J connectivity index is 1.83. The molecule has 0 saturated carbocycles. The molecular formula is C27H33N3O4S. The number of nitrogens with one attached hydrogen (secondary N) is 1. The molecule has 3 aromatic rings. The maximum Gasteiger partial charge on any atom is 0.243 e. The molecule has 0 spiro atoms. The number of benzene rings is 3. The Morgan fingerprint density at radius 2 is 1.54 bits per heavy atom. The monoisotopic (exact) mass is 495 g/mol. The molecule has 0 aliphatic carbocycles. The van der Waals surface area contributed by atoms with E-state index in [2.05, 4.69) is 5.32 Å². The van der Waals surface area contributed by atoms with Gasteiger partial charge in [0, 0.05) is 19.6 Å². The van der Waals surface area contributed by atoms with Gasteiger partial charge in [0.15, 0.2) is 0 Å². The normalized spacial score (nSPS) is 13.4. The third-order valence-corrected chi connectivity index (χ3v) is 7.95. The SMILES string of the molecule is CC[C@@H](C)NC(=O)[C@@H](C)N(Cc1ccccc1)C(=O)CN(C)S(=O)(=O)c1ccc2ccccc2c1. The highest BCUT2D eigenvalue weighted by molar-refractivity contribution is 7.89. The Hall–Kier alpha value is -3.23. The number of carbonyl (C=O) groups excluding carboxylic acids is 2. The lowest BCUT2D eigenvalue weighted by Gasteiger charge is -2.31. The summed E-state index contributed by atoms with van der Waals surface area (Å²) in [5, 5.41) is 4.64. The second kappa shape index (κ2) is 11.5. The molecule has 3 aromatic carbocycles. The summed E-state index contributed by atoms with van der Waals surface area (Å²) in [5.74, 6) is -0.726. The molecule has 35 heavy (non-hydrogen) atoms. The van der Waals surface area contributed by atoms with Gasteiger partial charge in [-0.25, -0.2) is 8.42 Å². The quantitative estimate of drug-likeness (QED) is 0.464. The molecule has 0 saturated heterocycles. The molecule has 1 N–H and O–H groups in total. The Morgan fingerprint density at radius 1 is 0.914 bits per heavy atom. The molecule has 0 heterocycles. The first-order valence-corrected chi connectivity index (χ1v) is 13.2. The minimum Gasteiger partial charge on any atom is -0.352 e. The van der Waals surface area contributed by atoms with Crippen molar-refractivity contribution >= 4 is 32.6 Å². The van der Waals surface area contributed by atoms with Crippen molar-refractivity contribution in [2.75, 3.05) is 13.6 Å². The van der Waals surface area contributed by atoms with Crippen LogP contribution in [0.1, 0.15) is 32.8 Å². The van der Waals surface area contributed by atoms with Crippen LogP contribution < -0.4 is 5.32 Å². The van der Waals surface area contributed by atoms with Crippen molar-refractivity contribution in [3.63, 3.8) is 0 Å². The van der Waals surface area contributed by atoms with E-state index in [1.807, 2.05) is 68.4 Å². The van der Waals surface area contributed by atoms with E-state index in [4.69, 9.17) is 0 Å². The van der Waals surface area contributed by atoms with Gasteiger partial charge in [-0.3, -0.25) is 9.59 Å². The Kier molecular flexibility index (Phi) is 8.64. The van der Waals surface area contributed by atoms with Gasteiger partial charge in [0.05, 0.1) is 11.4 Å². The van der Waals surface area contributed by atoms with Gasteiger partial charge in [0.25, 0.3) is 0 Å². The van der Waals surface area contributed by atoms with Crippen molar-refractivity contribution in [3.8, 4) is 0 Å². The summed E-state index contributed by atoms with van der Waals surface area (Å²) in [7, 11) is -2.53. The maximum atomic E-state index is 13.4. The summed E-state index contributed by atoms with van der Waals surface area (Å²) in [6, 6.07) is 20.9. The number of hydrogen-bond acceptors (Lipinski definition) is 4. The molecular weight excluding hydrogens is 462 g/mol. The third kappa shape index (κ3) is 6.46. The number of fused-ring (bicyclic) bond motifs is 1. The van der Waals surface area contributed by atoms with Gasteiger partial charge in [-0.05, 0) is 48.7 Å². The smallest absolute Gasteiger partial charge is 0.243 e. The van der Waals surface area contributed by atoms with Gasteiger partial charge in [-0.2, -0.15) is 4.31 Å². The molecule has 0 unspecified atom stereocenters. The molecule has 2 amide bonds. The summed E-state index contributed by atoms with van der Waals surface area (Å²) in [6.07, 6.45) is 0.762. The van der Waals surface area contributed by atoms with Gasteiger partial charge >= 0.3 is 0 Å². The molecule has 0 aromatic heterocycles. The molecule has 0 aliphatic heterocycles. The second-order valence-electron chi connectivity index (χ2n) is 8.77. The van der Waals surface area contributed by atoms with Crippen LogP contribution in [0.15, 0.2) is 77.7 Å². The van der Waals surface area contributed by atoms with Crippen molar-refractivity contribution < 1.29 is 18.0 Å². The van der Waals surface area contributed by atoms with E-state index >= 15 is 0 Å². The van der Waals surface area contributed by atoms with Crippen LogP contribution in [0.5, 0.6) is 0 Å². The Morgan fingerprint density at radius 3 is 2.20 bits per heavy atom. The van der Waals surface area contributed by atoms with Crippen molar-refractivity contribution in [3.05, 3.63) is 78.4 Å². The first-order chi connectivity index (χ1) is 16.6. The molecule has 0 aliphatic rings. The lowest BCUT2D eigenvalue weighted by atomic mass is 10.1. The van der Waals surface area contributed by atoms with Crippen LogP contribution in [0.2, 0.25) is 0 Å². The third-order valence-electron chi connectivity index (χ3n) is 6.15. The van der Waals surface area contributed by atoms with E-state index in [1.165, 1.54) is 11.9 Å². The van der Waals surface area contributed by atoms with E-state index < -0.39 is 22.0 Å². The molecule has 3 rings (SSSR count). The first-order valence-electron chi connectivity index (χ1n) is 11.7. The summed E-state index contributed by atoms with van der Waals surface area (Å²) in [4.78, 5) is 27.8. The van der Waals surface area contributed by atoms with Crippen LogP contribution in [0.4, 0.5) is 0 Å². The summed E-state index contributed by atoms with van der Waals surface area (Å²) < 4.78 is 27.6. The lowest BCUT2D eigenvalue weighted by Crippen LogP contribution is -2.51. The Labute approximate surface area is 207 Å². The maximum absolute atomic E-state index is 13.4. The van der Waals surface area contributed by atoms with Crippen LogP contribution in [0, 0.1) is 0 Å². The number of amides is 2. The highest BCUT2D eigenvalue weighted by Gasteiger charge is 2.30. The number of carbonyl (C=O) groups is 2. The van der Waals surface area contributed by atoms with Crippen LogP contribution in [-0.2, 0) is 26.2 Å². The second-order valence-corrected chi connectivity index (χ2v) is 10.8. The topological polar surface area (TPSA) is 86.8 Å². The van der Waals surface area contributed by atoms with Crippen molar-refractivity contribution in [2.45, 2.75) is 50.7 Å². The summed E-state index contributed by atoms with van der Waals surface area (Å²) in [5.41, 5.74) is 0.851. The number of hydrogen-bond donors (Lipinski definition) is 1. The van der Waals surface area contributed by atoms with Crippen LogP contribution in [-0.4, -0.2) is 55.1 Å². The van der Waals surface area contributed by atoms with E-state index in [9.17, 15) is 18.0 Å². The summed E-state index contributed by atoms with van der Waals surface area (Å²) in [6.45, 7) is 5.34. The molecule has 8 heteroatoms. The van der Waals surface area contributed by atoms with Crippen LogP contribution in [0.25, 0.3) is 10.8 Å². The fourth-order valence-electron chi connectivity index (χ4n) is 3.70. The molecule has 7 nitrogen and oxygen atoms in total. The number of sulfonamides is 1. The zero-order chi connectivity index (χ0) is 25.6. The molecule has 2 atom stereocenters. The van der Waals surface area contributed by atoms with Gasteiger partial charge < -0.3 is 10.2 Å². The highest BCUT2D eigenvalue weighted by atomic mass is 32.2. The number of rotatable bonds is 10. The predicted octanol–water partition coefficient (Wildman–Crippen LogP) is 3.79.